The van der Waals surface area contributed by atoms with Crippen molar-refractivity contribution >= 4 is 44.7 Å². The number of nitrogens with zero attached hydrogens (tertiary/aromatic N) is 3. The first-order chi connectivity index (χ1) is 18.8. The Kier molecular flexibility index (Phi) is 4.95. The minimum atomic E-state index is 0.980. The van der Waals surface area contributed by atoms with E-state index in [1.807, 2.05) is 11.3 Å². The van der Waals surface area contributed by atoms with Crippen LogP contribution in [0.15, 0.2) is 91.0 Å². The summed E-state index contributed by atoms with van der Waals surface area (Å²) in [6.07, 6.45) is 13.4. The van der Waals surface area contributed by atoms with Crippen LogP contribution in [0.2, 0.25) is 0 Å². The molecule has 3 nitrogen and oxygen atoms in total. The van der Waals surface area contributed by atoms with Gasteiger partial charge in [-0.05, 0) is 49.4 Å². The zero-order chi connectivity index (χ0) is 25.1. The van der Waals surface area contributed by atoms with Gasteiger partial charge in [-0.3, -0.25) is 0 Å². The number of rotatable bonds is 3. The molecule has 2 aliphatic rings. The van der Waals surface area contributed by atoms with Crippen LogP contribution in [-0.4, -0.2) is 14.5 Å². The van der Waals surface area contributed by atoms with Crippen LogP contribution in [0.25, 0.3) is 61.6 Å². The van der Waals surface area contributed by atoms with E-state index in [2.05, 4.69) is 108 Å². The van der Waals surface area contributed by atoms with Crippen molar-refractivity contribution in [2.24, 2.45) is 0 Å². The molecule has 4 aromatic heterocycles. The van der Waals surface area contributed by atoms with E-state index in [9.17, 15) is 0 Å². The summed E-state index contributed by atoms with van der Waals surface area (Å²) in [5.74, 6) is 0. The van der Waals surface area contributed by atoms with Gasteiger partial charge in [0, 0.05) is 32.6 Å². The van der Waals surface area contributed by atoms with E-state index in [-0.39, 0.29) is 0 Å². The van der Waals surface area contributed by atoms with Gasteiger partial charge in [0.1, 0.15) is 4.83 Å². The molecule has 0 N–H and O–H groups in total. The molecule has 2 aliphatic carbocycles. The lowest BCUT2D eigenvalue weighted by Crippen LogP contribution is -2.04. The van der Waals surface area contributed by atoms with Crippen LogP contribution in [-0.2, 0) is 12.8 Å². The first-order valence-corrected chi connectivity index (χ1v) is 14.1. The van der Waals surface area contributed by atoms with E-state index >= 15 is 0 Å². The van der Waals surface area contributed by atoms with Gasteiger partial charge < -0.3 is 4.57 Å². The van der Waals surface area contributed by atoms with Crippen LogP contribution in [0.3, 0.4) is 0 Å². The third-order valence-electron chi connectivity index (χ3n) is 7.72. The van der Waals surface area contributed by atoms with Gasteiger partial charge in [-0.25, -0.2) is 9.97 Å². The molecule has 0 amide bonds. The number of allylic oxidation sites excluding steroid dienone is 2. The van der Waals surface area contributed by atoms with E-state index in [1.54, 1.807) is 0 Å². The Morgan fingerprint density at radius 2 is 1.34 bits per heavy atom. The highest BCUT2D eigenvalue weighted by Gasteiger charge is 2.23. The number of hydrogen-bond acceptors (Lipinski definition) is 3. The number of benzene rings is 2. The number of thiophene rings is 1. The summed E-state index contributed by atoms with van der Waals surface area (Å²) in [6, 6.07) is 27.9. The Hall–Kier alpha value is -4.28. The first-order valence-electron chi connectivity index (χ1n) is 13.3. The molecule has 0 saturated carbocycles. The second kappa shape index (κ2) is 8.64. The van der Waals surface area contributed by atoms with Crippen LogP contribution in [0.4, 0.5) is 0 Å². The molecule has 0 aliphatic heterocycles. The van der Waals surface area contributed by atoms with Crippen molar-refractivity contribution in [1.82, 2.24) is 14.5 Å². The number of fused-ring (bicyclic) bond motifs is 6. The van der Waals surface area contributed by atoms with E-state index < -0.39 is 0 Å². The van der Waals surface area contributed by atoms with Crippen molar-refractivity contribution in [3.05, 3.63) is 113 Å². The highest BCUT2D eigenvalue weighted by molar-refractivity contribution is 7.19. The molecular formula is C34H25N3S. The smallest absolute Gasteiger partial charge is 0.125 e. The molecule has 38 heavy (non-hydrogen) atoms. The number of pyridine rings is 2. The minimum Gasteiger partial charge on any atom is -0.311 e. The average molecular weight is 508 g/mol. The van der Waals surface area contributed by atoms with Crippen LogP contribution < -0.4 is 0 Å². The lowest BCUT2D eigenvalue weighted by molar-refractivity contribution is 0.888. The molecule has 0 fully saturated rings. The summed E-state index contributed by atoms with van der Waals surface area (Å²) in [7, 11) is 0. The Balaban J connectivity index is 1.45. The molecule has 2 aromatic carbocycles. The first kappa shape index (κ1) is 21.8. The van der Waals surface area contributed by atoms with Crippen molar-refractivity contribution < 1.29 is 0 Å². The Bertz CT molecular complexity index is 1850. The summed E-state index contributed by atoms with van der Waals surface area (Å²) >= 11 is 1.86. The summed E-state index contributed by atoms with van der Waals surface area (Å²) in [5.41, 5.74) is 11.6. The largest absolute Gasteiger partial charge is 0.311 e. The topological polar surface area (TPSA) is 30.7 Å². The van der Waals surface area contributed by atoms with Crippen molar-refractivity contribution in [1.29, 1.82) is 0 Å². The Labute approximate surface area is 225 Å². The van der Waals surface area contributed by atoms with Gasteiger partial charge in [0.05, 0.1) is 28.1 Å². The summed E-state index contributed by atoms with van der Waals surface area (Å²) in [5, 5.41) is 1.27. The lowest BCUT2D eigenvalue weighted by atomic mass is 10.0. The van der Waals surface area contributed by atoms with Crippen LogP contribution in [0, 0.1) is 0 Å². The van der Waals surface area contributed by atoms with Gasteiger partial charge in [0.25, 0.3) is 0 Å². The van der Waals surface area contributed by atoms with E-state index in [0.29, 0.717) is 0 Å². The molecule has 0 saturated heterocycles. The molecule has 182 valence electrons. The second-order valence-electron chi connectivity index (χ2n) is 10.1. The lowest BCUT2D eigenvalue weighted by Gasteiger charge is -2.16. The van der Waals surface area contributed by atoms with Gasteiger partial charge in [0.2, 0.25) is 0 Å². The van der Waals surface area contributed by atoms with Gasteiger partial charge >= 0.3 is 0 Å². The number of aryl methyl sites for hydroxylation is 1. The molecular weight excluding hydrogens is 482 g/mol. The van der Waals surface area contributed by atoms with Crippen molar-refractivity contribution in [2.75, 3.05) is 0 Å². The van der Waals surface area contributed by atoms with Crippen molar-refractivity contribution in [3.8, 4) is 28.2 Å². The highest BCUT2D eigenvalue weighted by atomic mass is 32.1. The molecule has 4 heteroatoms. The fourth-order valence-corrected chi connectivity index (χ4v) is 7.09. The predicted octanol–water partition coefficient (Wildman–Crippen LogP) is 8.89. The van der Waals surface area contributed by atoms with Gasteiger partial charge in [0.15, 0.2) is 0 Å². The van der Waals surface area contributed by atoms with Crippen LogP contribution >= 0.6 is 11.3 Å². The standard InChI is InChI=1S/C34H25N3S/c1-3-11-22(12-4-1)28-19-24(20-29(35-28)23-13-5-2-6-14-23)37-30-17-9-7-16-26(30)33-31(37)21-27-25-15-8-10-18-32(25)38-34(27)36-33/h1-8,11-16,19-21H,9-10,17-18H2. The average Bonchev–Trinajstić information content (AvgIpc) is 3.51. The number of hydrogen-bond donors (Lipinski definition) is 0. The minimum absolute atomic E-state index is 0.980. The third-order valence-corrected chi connectivity index (χ3v) is 8.89. The third kappa shape index (κ3) is 3.41. The SMILES string of the molecule is C1=Cc2c(sc3nc4c5c(n(-c6cc(-c7ccccc7)nc(-c7ccccc7)c6)c4cc23)CCC=C5)CC1. The molecule has 0 spiro atoms. The van der Waals surface area contributed by atoms with Crippen LogP contribution in [0.5, 0.6) is 0 Å². The highest BCUT2D eigenvalue weighted by Crippen LogP contribution is 2.41. The molecule has 0 radical (unpaired) electrons. The zero-order valence-electron chi connectivity index (χ0n) is 20.9. The summed E-state index contributed by atoms with van der Waals surface area (Å²) < 4.78 is 2.46. The normalized spacial score (nSPS) is 14.2. The van der Waals surface area contributed by atoms with Gasteiger partial charge in [-0.15, -0.1) is 11.3 Å². The summed E-state index contributed by atoms with van der Waals surface area (Å²) in [6.45, 7) is 0. The van der Waals surface area contributed by atoms with E-state index in [1.165, 1.54) is 32.6 Å². The molecule has 0 bridgehead atoms. The zero-order valence-corrected chi connectivity index (χ0v) is 21.7. The van der Waals surface area contributed by atoms with Crippen molar-refractivity contribution in [3.63, 3.8) is 0 Å². The van der Waals surface area contributed by atoms with E-state index in [4.69, 9.17) is 9.97 Å². The molecule has 4 heterocycles. The van der Waals surface area contributed by atoms with Gasteiger partial charge in [-0.2, -0.15) is 0 Å². The Morgan fingerprint density at radius 1 is 0.684 bits per heavy atom. The maximum atomic E-state index is 5.30. The molecule has 0 unspecified atom stereocenters. The monoisotopic (exact) mass is 507 g/mol. The van der Waals surface area contributed by atoms with Crippen molar-refractivity contribution in [2.45, 2.75) is 25.7 Å². The quantitative estimate of drug-likeness (QED) is 0.239. The fraction of sp³-hybridized carbons (Fsp3) is 0.118. The fourth-order valence-electron chi connectivity index (χ4n) is 5.93. The molecule has 0 atom stereocenters. The molecule has 6 aromatic rings. The summed E-state index contributed by atoms with van der Waals surface area (Å²) in [4.78, 5) is 13.0. The van der Waals surface area contributed by atoms with Gasteiger partial charge in [-0.1, -0.05) is 85.0 Å². The Morgan fingerprint density at radius 3 is 2.05 bits per heavy atom. The number of aromatic nitrogens is 3. The van der Waals surface area contributed by atoms with E-state index in [0.717, 1.165) is 64.2 Å². The predicted molar refractivity (Wildman–Crippen MR) is 160 cm³/mol. The van der Waals surface area contributed by atoms with Crippen LogP contribution in [0.1, 0.15) is 34.5 Å². The maximum absolute atomic E-state index is 5.30. The molecule has 8 rings (SSSR count). The maximum Gasteiger partial charge on any atom is 0.125 e. The second-order valence-corrected chi connectivity index (χ2v) is 11.1.